The fourth-order valence-electron chi connectivity index (χ4n) is 1.71. The van der Waals surface area contributed by atoms with Crippen LogP contribution in [-0.4, -0.2) is 30.1 Å². The summed E-state index contributed by atoms with van der Waals surface area (Å²) in [5.41, 5.74) is 0.658. The van der Waals surface area contributed by atoms with Gasteiger partial charge >= 0.3 is 0 Å². The minimum atomic E-state index is -1.23. The Morgan fingerprint density at radius 2 is 1.76 bits per heavy atom. The number of hydrogen-bond donors (Lipinski definition) is 1. The van der Waals surface area contributed by atoms with E-state index in [1.165, 1.54) is 0 Å². The first-order valence-electron chi connectivity index (χ1n) is 5.61. The van der Waals surface area contributed by atoms with E-state index in [0.29, 0.717) is 6.42 Å². The number of nitrogens with zero attached hydrogens (tertiary/aromatic N) is 1. The van der Waals surface area contributed by atoms with Crippen LogP contribution < -0.4 is 0 Å². The molecular weight excluding hydrogens is 230 g/mol. The molecular formula is C14H21NOS. The molecule has 1 atom stereocenters. The molecule has 0 aromatic heterocycles. The summed E-state index contributed by atoms with van der Waals surface area (Å²) in [6, 6.07) is 9.53. The molecule has 0 radical (unpaired) electrons. The molecule has 1 N–H and O–H groups in total. The predicted octanol–water partition coefficient (Wildman–Crippen LogP) is 2.65. The monoisotopic (exact) mass is 251 g/mol. The fraction of sp³-hybridized carbons (Fsp3) is 0.500. The Morgan fingerprint density at radius 1 is 1.24 bits per heavy atom. The van der Waals surface area contributed by atoms with Crippen LogP contribution in [0.2, 0.25) is 0 Å². The SMILES string of the molecule is CS(C)(C)C.N#CC1(O)CCc2ccccc21. The lowest BCUT2D eigenvalue weighted by Crippen LogP contribution is -2.18. The van der Waals surface area contributed by atoms with Gasteiger partial charge < -0.3 is 5.11 Å². The summed E-state index contributed by atoms with van der Waals surface area (Å²) >= 11 is 0. The molecule has 1 unspecified atom stereocenters. The van der Waals surface area contributed by atoms with Crippen LogP contribution in [0.4, 0.5) is 0 Å². The van der Waals surface area contributed by atoms with Crippen LogP contribution in [0.3, 0.4) is 0 Å². The molecule has 1 aliphatic rings. The minimum Gasteiger partial charge on any atom is -0.371 e. The van der Waals surface area contributed by atoms with E-state index in [0.717, 1.165) is 17.5 Å². The van der Waals surface area contributed by atoms with Crippen LogP contribution in [-0.2, 0) is 12.0 Å². The molecule has 1 aromatic rings. The van der Waals surface area contributed by atoms with Gasteiger partial charge in [0.25, 0.3) is 0 Å². The molecule has 0 saturated heterocycles. The summed E-state index contributed by atoms with van der Waals surface area (Å²) in [6.45, 7) is 0. The summed E-state index contributed by atoms with van der Waals surface area (Å²) in [6.07, 6.45) is 10.4. The summed E-state index contributed by atoms with van der Waals surface area (Å²) < 4.78 is 0. The standard InChI is InChI=1S/C10H9NO.C4H12S/c11-7-10(12)6-5-8-3-1-2-4-9(8)10;1-5(2,3)4/h1-4,12H,5-6H2;1-4H3. The van der Waals surface area contributed by atoms with Crippen molar-refractivity contribution in [2.45, 2.75) is 18.4 Å². The van der Waals surface area contributed by atoms with Crippen molar-refractivity contribution in [3.8, 4) is 6.07 Å². The van der Waals surface area contributed by atoms with Crippen LogP contribution >= 0.6 is 10.0 Å². The fourth-order valence-corrected chi connectivity index (χ4v) is 1.71. The van der Waals surface area contributed by atoms with Gasteiger partial charge in [-0.1, -0.05) is 24.3 Å². The third kappa shape index (κ3) is 4.07. The van der Waals surface area contributed by atoms with Gasteiger partial charge in [0.15, 0.2) is 5.60 Å². The van der Waals surface area contributed by atoms with E-state index in [2.05, 4.69) is 25.0 Å². The lowest BCUT2D eigenvalue weighted by Gasteiger charge is -2.15. The molecule has 3 heteroatoms. The Bertz CT molecular complexity index is 425. The molecule has 1 aliphatic carbocycles. The van der Waals surface area contributed by atoms with Gasteiger partial charge in [0.2, 0.25) is 0 Å². The Balaban J connectivity index is 0.000000249. The maximum absolute atomic E-state index is 9.79. The van der Waals surface area contributed by atoms with Gasteiger partial charge in [-0.3, -0.25) is 10.0 Å². The van der Waals surface area contributed by atoms with Gasteiger partial charge in [0.05, 0.1) is 0 Å². The van der Waals surface area contributed by atoms with Crippen molar-refractivity contribution in [3.05, 3.63) is 35.4 Å². The smallest absolute Gasteiger partial charge is 0.177 e. The zero-order chi connectivity index (χ0) is 13.1. The summed E-state index contributed by atoms with van der Waals surface area (Å²) in [5.74, 6) is 0. The van der Waals surface area contributed by atoms with Gasteiger partial charge in [0.1, 0.15) is 6.07 Å². The molecule has 0 heterocycles. The third-order valence-electron chi connectivity index (χ3n) is 2.40. The predicted molar refractivity (Wildman–Crippen MR) is 75.6 cm³/mol. The zero-order valence-electron chi connectivity index (χ0n) is 11.0. The number of nitriles is 1. The molecule has 0 saturated carbocycles. The highest BCUT2D eigenvalue weighted by Gasteiger charge is 2.36. The van der Waals surface area contributed by atoms with E-state index < -0.39 is 5.60 Å². The van der Waals surface area contributed by atoms with Gasteiger partial charge in [-0.2, -0.15) is 5.26 Å². The summed E-state index contributed by atoms with van der Waals surface area (Å²) in [4.78, 5) is 0. The molecule has 94 valence electrons. The molecule has 0 aliphatic heterocycles. The van der Waals surface area contributed by atoms with E-state index in [1.807, 2.05) is 30.3 Å². The third-order valence-corrected chi connectivity index (χ3v) is 2.40. The lowest BCUT2D eigenvalue weighted by molar-refractivity contribution is 0.1000. The number of rotatable bonds is 0. The lowest BCUT2D eigenvalue weighted by atomic mass is 9.98. The molecule has 0 amide bonds. The highest BCUT2D eigenvalue weighted by Crippen LogP contribution is 2.35. The van der Waals surface area contributed by atoms with Crippen LogP contribution in [0.1, 0.15) is 17.5 Å². The van der Waals surface area contributed by atoms with Crippen molar-refractivity contribution in [2.75, 3.05) is 25.0 Å². The van der Waals surface area contributed by atoms with Crippen LogP contribution in [0, 0.1) is 11.3 Å². The first kappa shape index (κ1) is 14.1. The number of aryl methyl sites for hydroxylation is 1. The van der Waals surface area contributed by atoms with Gasteiger partial charge in [-0.15, -0.1) is 0 Å². The van der Waals surface area contributed by atoms with Crippen molar-refractivity contribution in [3.63, 3.8) is 0 Å². The van der Waals surface area contributed by atoms with E-state index in [4.69, 9.17) is 5.26 Å². The Morgan fingerprint density at radius 3 is 2.29 bits per heavy atom. The maximum Gasteiger partial charge on any atom is 0.177 e. The van der Waals surface area contributed by atoms with Crippen molar-refractivity contribution in [2.24, 2.45) is 0 Å². The molecule has 0 bridgehead atoms. The second-order valence-electron chi connectivity index (χ2n) is 5.58. The minimum absolute atomic E-state index is 0.167. The van der Waals surface area contributed by atoms with E-state index in [1.54, 1.807) is 0 Å². The molecule has 2 rings (SSSR count). The summed E-state index contributed by atoms with van der Waals surface area (Å²) in [7, 11) is -0.167. The average molecular weight is 251 g/mol. The van der Waals surface area contributed by atoms with E-state index in [9.17, 15) is 5.11 Å². The molecule has 0 spiro atoms. The zero-order valence-corrected chi connectivity index (χ0v) is 11.8. The second kappa shape index (κ2) is 5.12. The van der Waals surface area contributed by atoms with Gasteiger partial charge in [-0.25, -0.2) is 0 Å². The number of hydrogen-bond acceptors (Lipinski definition) is 2. The van der Waals surface area contributed by atoms with Crippen LogP contribution in [0.25, 0.3) is 0 Å². The van der Waals surface area contributed by atoms with Crippen molar-refractivity contribution < 1.29 is 5.11 Å². The van der Waals surface area contributed by atoms with Crippen LogP contribution in [0.15, 0.2) is 24.3 Å². The van der Waals surface area contributed by atoms with E-state index >= 15 is 0 Å². The second-order valence-corrected chi connectivity index (χ2v) is 10.5. The Hall–Kier alpha value is -0.980. The molecule has 1 aromatic carbocycles. The topological polar surface area (TPSA) is 44.0 Å². The van der Waals surface area contributed by atoms with Gasteiger partial charge in [-0.05, 0) is 43.4 Å². The van der Waals surface area contributed by atoms with E-state index in [-0.39, 0.29) is 10.0 Å². The van der Waals surface area contributed by atoms with Crippen molar-refractivity contribution >= 4 is 10.0 Å². The van der Waals surface area contributed by atoms with Crippen molar-refractivity contribution in [1.29, 1.82) is 5.26 Å². The van der Waals surface area contributed by atoms with Gasteiger partial charge in [0, 0.05) is 5.56 Å². The first-order chi connectivity index (χ1) is 7.76. The highest BCUT2D eigenvalue weighted by molar-refractivity contribution is 8.31. The first-order valence-corrected chi connectivity index (χ1v) is 8.88. The number of benzene rings is 1. The molecule has 0 fully saturated rings. The summed E-state index contributed by atoms with van der Waals surface area (Å²) in [5, 5.41) is 18.6. The Kier molecular flexibility index (Phi) is 4.24. The van der Waals surface area contributed by atoms with Crippen molar-refractivity contribution in [1.82, 2.24) is 0 Å². The largest absolute Gasteiger partial charge is 0.371 e. The molecule has 17 heavy (non-hydrogen) atoms. The molecule has 2 nitrogen and oxygen atoms in total. The normalized spacial score (nSPS) is 23.1. The number of aliphatic hydroxyl groups is 1. The average Bonchev–Trinajstić information content (AvgIpc) is 2.56. The highest BCUT2D eigenvalue weighted by atomic mass is 32.3. The Labute approximate surface area is 106 Å². The van der Waals surface area contributed by atoms with Crippen LogP contribution in [0.5, 0.6) is 0 Å². The number of fused-ring (bicyclic) bond motifs is 1. The maximum atomic E-state index is 9.79. The quantitative estimate of drug-likeness (QED) is 0.720.